The minimum atomic E-state index is -4.84. The fourth-order valence-electron chi connectivity index (χ4n) is 2.13. The number of amides is 1. The van der Waals surface area contributed by atoms with E-state index in [0.717, 1.165) is 12.1 Å². The summed E-state index contributed by atoms with van der Waals surface area (Å²) in [4.78, 5) is 15.2. The van der Waals surface area contributed by atoms with Crippen molar-refractivity contribution < 1.29 is 26.4 Å². The monoisotopic (exact) mass is 387 g/mol. The third kappa shape index (κ3) is 4.79. The Bertz CT molecular complexity index is 914. The van der Waals surface area contributed by atoms with Crippen LogP contribution >= 0.6 is 0 Å². The summed E-state index contributed by atoms with van der Waals surface area (Å²) in [6.45, 7) is 2.93. The fourth-order valence-corrected chi connectivity index (χ4v) is 3.56. The summed E-state index contributed by atoms with van der Waals surface area (Å²) in [5.74, 6) is -0.548. The summed E-state index contributed by atoms with van der Waals surface area (Å²) in [5.41, 5.74) is -0.671. The molecule has 0 aliphatic heterocycles. The molecule has 0 aliphatic rings. The largest absolute Gasteiger partial charge is 0.417 e. The van der Waals surface area contributed by atoms with E-state index in [-0.39, 0.29) is 5.82 Å². The van der Waals surface area contributed by atoms with Crippen LogP contribution in [0.1, 0.15) is 18.2 Å². The highest BCUT2D eigenvalue weighted by Gasteiger charge is 2.37. The smallest absolute Gasteiger partial charge is 0.309 e. The van der Waals surface area contributed by atoms with Gasteiger partial charge in [-0.2, -0.15) is 17.9 Å². The minimum absolute atomic E-state index is 0.205. The number of hydrogen-bond donors (Lipinski definition) is 2. The van der Waals surface area contributed by atoms with E-state index in [0.29, 0.717) is 11.8 Å². The number of sulfonamides is 1. The van der Waals surface area contributed by atoms with Crippen molar-refractivity contribution in [2.75, 3.05) is 5.32 Å². The van der Waals surface area contributed by atoms with E-state index in [1.54, 1.807) is 19.1 Å². The molecule has 140 valence electrons. The Kier molecular flexibility index (Phi) is 5.67. The van der Waals surface area contributed by atoms with Crippen molar-refractivity contribution in [3.63, 3.8) is 0 Å². The Morgan fingerprint density at radius 2 is 1.77 bits per heavy atom. The summed E-state index contributed by atoms with van der Waals surface area (Å²) in [7, 11) is -4.57. The maximum Gasteiger partial charge on any atom is 0.417 e. The predicted molar refractivity (Wildman–Crippen MR) is 88.8 cm³/mol. The maximum atomic E-state index is 13.0. The topological polar surface area (TPSA) is 88.2 Å². The van der Waals surface area contributed by atoms with Crippen molar-refractivity contribution in [3.8, 4) is 0 Å². The molecule has 0 bridgehead atoms. The lowest BCUT2D eigenvalue weighted by molar-refractivity contribution is -0.139. The molecule has 0 saturated heterocycles. The highest BCUT2D eigenvalue weighted by atomic mass is 32.2. The third-order valence-corrected chi connectivity index (χ3v) is 4.95. The van der Waals surface area contributed by atoms with Crippen LogP contribution in [0, 0.1) is 6.92 Å². The molecule has 0 fully saturated rings. The van der Waals surface area contributed by atoms with Crippen LogP contribution in [0.3, 0.4) is 0 Å². The zero-order chi connectivity index (χ0) is 19.5. The molecule has 26 heavy (non-hydrogen) atoms. The van der Waals surface area contributed by atoms with Crippen molar-refractivity contribution >= 4 is 21.7 Å². The number of carbonyl (C=O) groups is 1. The maximum absolute atomic E-state index is 13.0. The zero-order valence-electron chi connectivity index (χ0n) is 13.8. The van der Waals surface area contributed by atoms with Gasteiger partial charge in [-0.3, -0.25) is 4.79 Å². The van der Waals surface area contributed by atoms with Crippen LogP contribution in [0.15, 0.2) is 47.4 Å². The van der Waals surface area contributed by atoms with Crippen LogP contribution in [0.4, 0.5) is 19.0 Å². The van der Waals surface area contributed by atoms with Gasteiger partial charge in [-0.25, -0.2) is 13.4 Å². The number of aryl methyl sites for hydroxylation is 1. The van der Waals surface area contributed by atoms with Gasteiger partial charge in [-0.15, -0.1) is 0 Å². The molecule has 1 atom stereocenters. The number of aromatic nitrogens is 1. The minimum Gasteiger partial charge on any atom is -0.309 e. The first kappa shape index (κ1) is 19.9. The standard InChI is InChI=1S/C16H16F3N3O3S/c1-10-6-5-9-14(20-10)21-15(23)11(2)22-26(24,25)13-8-4-3-7-12(13)16(17,18)19/h3-9,11,22H,1-2H3,(H,20,21,23). The molecule has 6 nitrogen and oxygen atoms in total. The van der Waals surface area contributed by atoms with Crippen molar-refractivity contribution in [2.24, 2.45) is 0 Å². The molecule has 10 heteroatoms. The predicted octanol–water partition coefficient (Wildman–Crippen LogP) is 2.71. The second-order valence-electron chi connectivity index (χ2n) is 5.49. The zero-order valence-corrected chi connectivity index (χ0v) is 14.6. The summed E-state index contributed by atoms with van der Waals surface area (Å²) in [5, 5.41) is 2.40. The van der Waals surface area contributed by atoms with Gasteiger partial charge in [0.1, 0.15) is 5.82 Å². The molecule has 2 aromatic rings. The van der Waals surface area contributed by atoms with Crippen molar-refractivity contribution in [1.82, 2.24) is 9.71 Å². The average molecular weight is 387 g/mol. The van der Waals surface area contributed by atoms with Crippen molar-refractivity contribution in [3.05, 3.63) is 53.7 Å². The number of alkyl halides is 3. The Labute approximate surface area is 148 Å². The molecule has 0 radical (unpaired) electrons. The third-order valence-electron chi connectivity index (χ3n) is 3.35. The molecule has 1 amide bonds. The van der Waals surface area contributed by atoms with Gasteiger partial charge in [0.15, 0.2) is 0 Å². The fraction of sp³-hybridized carbons (Fsp3) is 0.250. The SMILES string of the molecule is Cc1cccc(NC(=O)C(C)NS(=O)(=O)c2ccccc2C(F)(F)F)n1. The summed E-state index contributed by atoms with van der Waals surface area (Å²) in [6, 6.07) is 7.29. The number of anilines is 1. The molecule has 0 saturated carbocycles. The van der Waals surface area contributed by atoms with Crippen LogP contribution in [-0.2, 0) is 21.0 Å². The first-order valence-corrected chi connectivity index (χ1v) is 8.92. The van der Waals surface area contributed by atoms with E-state index < -0.39 is 38.6 Å². The highest BCUT2D eigenvalue weighted by Crippen LogP contribution is 2.33. The highest BCUT2D eigenvalue weighted by molar-refractivity contribution is 7.89. The molecule has 2 rings (SSSR count). The van der Waals surface area contributed by atoms with Gasteiger partial charge in [-0.05, 0) is 38.1 Å². The molecule has 1 heterocycles. The van der Waals surface area contributed by atoms with Crippen LogP contribution in [0.5, 0.6) is 0 Å². The van der Waals surface area contributed by atoms with E-state index in [9.17, 15) is 26.4 Å². The molecule has 0 spiro atoms. The molecular weight excluding hydrogens is 371 g/mol. The van der Waals surface area contributed by atoms with Gasteiger partial charge >= 0.3 is 6.18 Å². The number of rotatable bonds is 5. The Hall–Kier alpha value is -2.46. The lowest BCUT2D eigenvalue weighted by atomic mass is 10.2. The summed E-state index contributed by atoms with van der Waals surface area (Å²) in [6.07, 6.45) is -4.84. The summed E-state index contributed by atoms with van der Waals surface area (Å²) >= 11 is 0. The van der Waals surface area contributed by atoms with Crippen LogP contribution in [-0.4, -0.2) is 25.4 Å². The van der Waals surface area contributed by atoms with E-state index in [1.807, 2.05) is 4.72 Å². The lowest BCUT2D eigenvalue weighted by Gasteiger charge is -2.17. The Morgan fingerprint density at radius 1 is 1.12 bits per heavy atom. The number of pyridine rings is 1. The molecule has 0 aliphatic carbocycles. The molecule has 2 N–H and O–H groups in total. The number of carbonyl (C=O) groups excluding carboxylic acids is 1. The van der Waals surface area contributed by atoms with Gasteiger partial charge in [0.25, 0.3) is 0 Å². The van der Waals surface area contributed by atoms with Gasteiger partial charge in [0, 0.05) is 5.69 Å². The van der Waals surface area contributed by atoms with Gasteiger partial charge in [-0.1, -0.05) is 18.2 Å². The average Bonchev–Trinajstić information content (AvgIpc) is 2.53. The van der Waals surface area contributed by atoms with Gasteiger partial charge < -0.3 is 5.32 Å². The molecule has 1 unspecified atom stereocenters. The van der Waals surface area contributed by atoms with E-state index in [4.69, 9.17) is 0 Å². The number of benzene rings is 1. The number of nitrogens with zero attached hydrogens (tertiary/aromatic N) is 1. The Morgan fingerprint density at radius 3 is 2.38 bits per heavy atom. The van der Waals surface area contributed by atoms with Crippen molar-refractivity contribution in [1.29, 1.82) is 0 Å². The Balaban J connectivity index is 2.20. The second-order valence-corrected chi connectivity index (χ2v) is 7.17. The van der Waals surface area contributed by atoms with Crippen LogP contribution in [0.2, 0.25) is 0 Å². The molecular formula is C16H16F3N3O3S. The number of nitrogens with one attached hydrogen (secondary N) is 2. The second kappa shape index (κ2) is 7.42. The number of hydrogen-bond acceptors (Lipinski definition) is 4. The first-order chi connectivity index (χ1) is 12.0. The first-order valence-electron chi connectivity index (χ1n) is 7.44. The molecule has 1 aromatic heterocycles. The van der Waals surface area contributed by atoms with E-state index in [1.165, 1.54) is 19.1 Å². The van der Waals surface area contributed by atoms with Gasteiger partial charge in [0.2, 0.25) is 15.9 Å². The van der Waals surface area contributed by atoms with E-state index in [2.05, 4.69) is 10.3 Å². The molecule has 1 aromatic carbocycles. The van der Waals surface area contributed by atoms with Gasteiger partial charge in [0.05, 0.1) is 16.5 Å². The number of halogens is 3. The van der Waals surface area contributed by atoms with E-state index >= 15 is 0 Å². The quantitative estimate of drug-likeness (QED) is 0.826. The lowest BCUT2D eigenvalue weighted by Crippen LogP contribution is -2.42. The summed E-state index contributed by atoms with van der Waals surface area (Å²) < 4.78 is 65.6. The van der Waals surface area contributed by atoms with Crippen LogP contribution < -0.4 is 10.0 Å². The van der Waals surface area contributed by atoms with Crippen molar-refractivity contribution in [2.45, 2.75) is 31.0 Å². The van der Waals surface area contributed by atoms with Crippen LogP contribution in [0.25, 0.3) is 0 Å². The normalized spacial score (nSPS) is 13.3.